The standard InChI is InChI=1S/C17H13BrFNO/c18-17-11(5-3-7-15(17)19)8-16(21)14-10-20-9-12-4-1-2-6-13(12)14/h1-7,9-10,16,21H,8H2. The Bertz CT molecular complexity index is 785. The molecule has 0 saturated carbocycles. The lowest BCUT2D eigenvalue weighted by molar-refractivity contribution is 0.179. The van der Waals surface area contributed by atoms with Gasteiger partial charge in [-0.25, -0.2) is 4.39 Å². The summed E-state index contributed by atoms with van der Waals surface area (Å²) in [5.74, 6) is -0.323. The lowest BCUT2D eigenvalue weighted by atomic mass is 9.98. The summed E-state index contributed by atoms with van der Waals surface area (Å²) in [5, 5.41) is 12.4. The highest BCUT2D eigenvalue weighted by molar-refractivity contribution is 9.10. The number of benzene rings is 2. The minimum absolute atomic E-state index is 0.323. The number of aromatic nitrogens is 1. The Morgan fingerprint density at radius 3 is 2.76 bits per heavy atom. The Morgan fingerprint density at radius 1 is 1.10 bits per heavy atom. The van der Waals surface area contributed by atoms with Crippen molar-refractivity contribution in [3.63, 3.8) is 0 Å². The summed E-state index contributed by atoms with van der Waals surface area (Å²) in [6, 6.07) is 12.6. The van der Waals surface area contributed by atoms with Gasteiger partial charge in [0.15, 0.2) is 0 Å². The van der Waals surface area contributed by atoms with Gasteiger partial charge in [-0.2, -0.15) is 0 Å². The van der Waals surface area contributed by atoms with Crippen molar-refractivity contribution in [2.24, 2.45) is 0 Å². The van der Waals surface area contributed by atoms with Crippen LogP contribution in [0.4, 0.5) is 4.39 Å². The molecule has 0 saturated heterocycles. The zero-order valence-electron chi connectivity index (χ0n) is 11.1. The third-order valence-corrected chi connectivity index (χ3v) is 4.39. The summed E-state index contributed by atoms with van der Waals surface area (Å²) in [6.45, 7) is 0. The van der Waals surface area contributed by atoms with Crippen LogP contribution in [0.5, 0.6) is 0 Å². The molecule has 1 aromatic heterocycles. The van der Waals surface area contributed by atoms with Crippen LogP contribution in [0.15, 0.2) is 59.3 Å². The van der Waals surface area contributed by atoms with Crippen molar-refractivity contribution in [3.8, 4) is 0 Å². The molecule has 0 aliphatic heterocycles. The predicted octanol–water partition coefficient (Wildman–Crippen LogP) is 4.41. The number of halogens is 2. The Labute approximate surface area is 130 Å². The molecule has 2 nitrogen and oxygen atoms in total. The van der Waals surface area contributed by atoms with Crippen molar-refractivity contribution in [2.45, 2.75) is 12.5 Å². The molecule has 0 bridgehead atoms. The summed E-state index contributed by atoms with van der Waals surface area (Å²) >= 11 is 3.23. The van der Waals surface area contributed by atoms with E-state index >= 15 is 0 Å². The van der Waals surface area contributed by atoms with Gasteiger partial charge in [0.2, 0.25) is 0 Å². The minimum Gasteiger partial charge on any atom is -0.388 e. The molecule has 3 aromatic rings. The number of aliphatic hydroxyl groups is 1. The molecule has 0 aliphatic carbocycles. The van der Waals surface area contributed by atoms with Crippen LogP contribution in [0.1, 0.15) is 17.2 Å². The van der Waals surface area contributed by atoms with E-state index in [-0.39, 0.29) is 5.82 Å². The van der Waals surface area contributed by atoms with Gasteiger partial charge < -0.3 is 5.11 Å². The fourth-order valence-electron chi connectivity index (χ4n) is 2.43. The summed E-state index contributed by atoms with van der Waals surface area (Å²) < 4.78 is 13.9. The van der Waals surface area contributed by atoms with Crippen LogP contribution in [0.3, 0.4) is 0 Å². The van der Waals surface area contributed by atoms with Crippen LogP contribution >= 0.6 is 15.9 Å². The molecule has 1 heterocycles. The topological polar surface area (TPSA) is 33.1 Å². The highest BCUT2D eigenvalue weighted by atomic mass is 79.9. The summed E-state index contributed by atoms with van der Waals surface area (Å²) in [6.07, 6.45) is 3.03. The Hall–Kier alpha value is -1.78. The van der Waals surface area contributed by atoms with E-state index in [1.54, 1.807) is 24.5 Å². The van der Waals surface area contributed by atoms with Gasteiger partial charge in [-0.05, 0) is 32.9 Å². The first-order valence-electron chi connectivity index (χ1n) is 6.60. The number of hydrogen-bond acceptors (Lipinski definition) is 2. The molecule has 1 atom stereocenters. The molecule has 21 heavy (non-hydrogen) atoms. The molecular formula is C17H13BrFNO. The van der Waals surface area contributed by atoms with Crippen LogP contribution in [0.25, 0.3) is 10.8 Å². The van der Waals surface area contributed by atoms with E-state index in [4.69, 9.17) is 0 Å². The lowest BCUT2D eigenvalue weighted by Gasteiger charge is -2.14. The average Bonchev–Trinajstić information content (AvgIpc) is 2.51. The van der Waals surface area contributed by atoms with Gasteiger partial charge in [-0.15, -0.1) is 0 Å². The molecule has 3 rings (SSSR count). The molecule has 1 N–H and O–H groups in total. The first kappa shape index (κ1) is 14.2. The normalized spacial score (nSPS) is 12.5. The van der Waals surface area contributed by atoms with E-state index in [9.17, 15) is 9.50 Å². The zero-order valence-corrected chi connectivity index (χ0v) is 12.7. The van der Waals surface area contributed by atoms with Crippen molar-refractivity contribution >= 4 is 26.7 Å². The molecule has 0 fully saturated rings. The quantitative estimate of drug-likeness (QED) is 0.762. The summed E-state index contributed by atoms with van der Waals surface area (Å²) in [7, 11) is 0. The maximum Gasteiger partial charge on any atom is 0.137 e. The molecule has 2 aromatic carbocycles. The predicted molar refractivity (Wildman–Crippen MR) is 84.5 cm³/mol. The smallest absolute Gasteiger partial charge is 0.137 e. The van der Waals surface area contributed by atoms with E-state index in [1.807, 2.05) is 24.3 Å². The molecule has 106 valence electrons. The lowest BCUT2D eigenvalue weighted by Crippen LogP contribution is -2.04. The van der Waals surface area contributed by atoms with E-state index in [1.165, 1.54) is 6.07 Å². The van der Waals surface area contributed by atoms with Crippen LogP contribution in [-0.4, -0.2) is 10.1 Å². The highest BCUT2D eigenvalue weighted by Crippen LogP contribution is 2.29. The number of pyridine rings is 1. The van der Waals surface area contributed by atoms with Gasteiger partial charge in [0.05, 0.1) is 10.6 Å². The van der Waals surface area contributed by atoms with Gasteiger partial charge in [0.1, 0.15) is 5.82 Å². The zero-order chi connectivity index (χ0) is 14.8. The third-order valence-electron chi connectivity index (χ3n) is 3.50. The Balaban J connectivity index is 1.97. The SMILES string of the molecule is OC(Cc1cccc(F)c1Br)c1cncc2ccccc12. The maximum atomic E-state index is 13.5. The summed E-state index contributed by atoms with van der Waals surface area (Å²) in [5.41, 5.74) is 1.49. The van der Waals surface area contributed by atoms with Crippen molar-refractivity contribution in [1.29, 1.82) is 0 Å². The fraction of sp³-hybridized carbons (Fsp3) is 0.118. The largest absolute Gasteiger partial charge is 0.388 e. The Kier molecular flexibility index (Phi) is 3.99. The van der Waals surface area contributed by atoms with Crippen LogP contribution in [0, 0.1) is 5.82 Å². The molecule has 1 unspecified atom stereocenters. The van der Waals surface area contributed by atoms with E-state index < -0.39 is 6.10 Å². The molecule has 0 aliphatic rings. The van der Waals surface area contributed by atoms with E-state index in [0.29, 0.717) is 10.9 Å². The van der Waals surface area contributed by atoms with Gasteiger partial charge in [0.25, 0.3) is 0 Å². The number of nitrogens with zero attached hydrogens (tertiary/aromatic N) is 1. The van der Waals surface area contributed by atoms with Gasteiger partial charge in [0, 0.05) is 29.8 Å². The van der Waals surface area contributed by atoms with Gasteiger partial charge in [-0.3, -0.25) is 4.98 Å². The number of hydrogen-bond donors (Lipinski definition) is 1. The van der Waals surface area contributed by atoms with Gasteiger partial charge >= 0.3 is 0 Å². The van der Waals surface area contributed by atoms with Crippen molar-refractivity contribution < 1.29 is 9.50 Å². The van der Waals surface area contributed by atoms with E-state index in [2.05, 4.69) is 20.9 Å². The number of fused-ring (bicyclic) bond motifs is 1. The molecule has 4 heteroatoms. The van der Waals surface area contributed by atoms with E-state index in [0.717, 1.165) is 21.9 Å². The van der Waals surface area contributed by atoms with Crippen molar-refractivity contribution in [1.82, 2.24) is 4.98 Å². The third kappa shape index (κ3) is 2.82. The maximum absolute atomic E-state index is 13.5. The van der Waals surface area contributed by atoms with Crippen LogP contribution < -0.4 is 0 Å². The number of aliphatic hydroxyl groups excluding tert-OH is 1. The first-order valence-corrected chi connectivity index (χ1v) is 7.39. The Morgan fingerprint density at radius 2 is 1.90 bits per heavy atom. The molecule has 0 spiro atoms. The molecule has 0 radical (unpaired) electrons. The second kappa shape index (κ2) is 5.92. The molecular weight excluding hydrogens is 333 g/mol. The van der Waals surface area contributed by atoms with Gasteiger partial charge in [-0.1, -0.05) is 36.4 Å². The van der Waals surface area contributed by atoms with Crippen LogP contribution in [0.2, 0.25) is 0 Å². The molecule has 0 amide bonds. The minimum atomic E-state index is -0.735. The van der Waals surface area contributed by atoms with Crippen molar-refractivity contribution in [2.75, 3.05) is 0 Å². The van der Waals surface area contributed by atoms with Crippen LogP contribution in [-0.2, 0) is 6.42 Å². The number of rotatable bonds is 3. The monoisotopic (exact) mass is 345 g/mol. The fourth-order valence-corrected chi connectivity index (χ4v) is 2.86. The second-order valence-electron chi connectivity index (χ2n) is 4.88. The first-order chi connectivity index (χ1) is 10.2. The average molecular weight is 346 g/mol. The highest BCUT2D eigenvalue weighted by Gasteiger charge is 2.15. The second-order valence-corrected chi connectivity index (χ2v) is 5.68. The summed E-state index contributed by atoms with van der Waals surface area (Å²) in [4.78, 5) is 4.17. The van der Waals surface area contributed by atoms with Crippen molar-refractivity contribution in [3.05, 3.63) is 76.3 Å².